The van der Waals surface area contributed by atoms with E-state index >= 15 is 0 Å². The highest BCUT2D eigenvalue weighted by Gasteiger charge is 2.33. The molecule has 30 heavy (non-hydrogen) atoms. The van der Waals surface area contributed by atoms with Gasteiger partial charge in [-0.15, -0.1) is 0 Å². The van der Waals surface area contributed by atoms with Crippen molar-refractivity contribution in [1.82, 2.24) is 10.8 Å². The Hall–Kier alpha value is -2.77. The Balaban J connectivity index is 1.97. The monoisotopic (exact) mass is 416 g/mol. The summed E-state index contributed by atoms with van der Waals surface area (Å²) in [6, 6.07) is 14.6. The molecule has 0 aliphatic rings. The van der Waals surface area contributed by atoms with Crippen LogP contribution in [0, 0.1) is 11.7 Å². The summed E-state index contributed by atoms with van der Waals surface area (Å²) >= 11 is 0. The fraction of sp³-hybridized carbons (Fsp3) is 0.391. The molecule has 2 aromatic rings. The first-order valence-corrected chi connectivity index (χ1v) is 10.1. The van der Waals surface area contributed by atoms with Crippen LogP contribution in [-0.4, -0.2) is 28.7 Å². The summed E-state index contributed by atoms with van der Waals surface area (Å²) in [6.07, 6.45) is 2.37. The number of halogens is 1. The average Bonchev–Trinajstić information content (AvgIpc) is 2.75. The molecule has 0 saturated carbocycles. The van der Waals surface area contributed by atoms with Gasteiger partial charge in [0.2, 0.25) is 5.91 Å². The highest BCUT2D eigenvalue weighted by Crippen LogP contribution is 2.36. The van der Waals surface area contributed by atoms with Crippen molar-refractivity contribution in [3.63, 3.8) is 0 Å². The maximum Gasteiger partial charge on any atom is 0.251 e. The highest BCUT2D eigenvalue weighted by molar-refractivity contribution is 5.94. The quantitative estimate of drug-likeness (QED) is 0.256. The zero-order valence-corrected chi connectivity index (χ0v) is 17.1. The number of amides is 2. The first kappa shape index (κ1) is 23.5. The molecule has 0 heterocycles. The van der Waals surface area contributed by atoms with Gasteiger partial charge in [-0.3, -0.25) is 14.8 Å². The molecule has 0 spiro atoms. The van der Waals surface area contributed by atoms with Crippen LogP contribution in [0.25, 0.3) is 0 Å². The molecular formula is C23H29FN2O4. The molecule has 7 heteroatoms. The highest BCUT2D eigenvalue weighted by atomic mass is 19.1. The van der Waals surface area contributed by atoms with E-state index in [0.29, 0.717) is 43.4 Å². The summed E-state index contributed by atoms with van der Waals surface area (Å²) in [5.74, 6) is -1.24. The van der Waals surface area contributed by atoms with Crippen molar-refractivity contribution in [1.29, 1.82) is 0 Å². The summed E-state index contributed by atoms with van der Waals surface area (Å²) < 4.78 is 13.3. The lowest BCUT2D eigenvalue weighted by Gasteiger charge is -2.34. The number of hydrogen-bond acceptors (Lipinski definition) is 4. The maximum absolute atomic E-state index is 13.3. The molecule has 2 unspecified atom stereocenters. The van der Waals surface area contributed by atoms with Crippen LogP contribution in [0.4, 0.5) is 4.39 Å². The Bertz CT molecular complexity index is 810. The lowest BCUT2D eigenvalue weighted by atomic mass is 9.77. The van der Waals surface area contributed by atoms with E-state index in [9.17, 15) is 19.1 Å². The fourth-order valence-corrected chi connectivity index (χ4v) is 3.54. The van der Waals surface area contributed by atoms with E-state index in [0.717, 1.165) is 0 Å². The molecule has 0 aromatic heterocycles. The Morgan fingerprint density at radius 2 is 1.67 bits per heavy atom. The van der Waals surface area contributed by atoms with Crippen LogP contribution >= 0.6 is 0 Å². The third-order valence-corrected chi connectivity index (χ3v) is 5.36. The topological polar surface area (TPSA) is 98.7 Å². The van der Waals surface area contributed by atoms with Gasteiger partial charge in [-0.05, 0) is 68.4 Å². The van der Waals surface area contributed by atoms with E-state index in [2.05, 4.69) is 5.32 Å². The molecule has 0 radical (unpaired) electrons. The van der Waals surface area contributed by atoms with Crippen molar-refractivity contribution in [2.45, 2.75) is 44.6 Å². The van der Waals surface area contributed by atoms with E-state index in [4.69, 9.17) is 5.21 Å². The number of hydrogen-bond donors (Lipinski definition) is 4. The predicted molar refractivity (Wildman–Crippen MR) is 111 cm³/mol. The normalized spacial score (nSPS) is 13.9. The van der Waals surface area contributed by atoms with Crippen LogP contribution in [0.1, 0.15) is 54.9 Å². The first-order chi connectivity index (χ1) is 14.3. The second kappa shape index (κ2) is 11.4. The zero-order chi connectivity index (χ0) is 22.0. The van der Waals surface area contributed by atoms with E-state index < -0.39 is 11.5 Å². The molecule has 0 aliphatic carbocycles. The van der Waals surface area contributed by atoms with Crippen LogP contribution in [0.2, 0.25) is 0 Å². The third-order valence-electron chi connectivity index (χ3n) is 5.36. The Morgan fingerprint density at radius 1 is 1.03 bits per heavy atom. The summed E-state index contributed by atoms with van der Waals surface area (Å²) in [6.45, 7) is 2.13. The first-order valence-electron chi connectivity index (χ1n) is 10.1. The zero-order valence-electron chi connectivity index (χ0n) is 17.1. The molecule has 2 aromatic carbocycles. The van der Waals surface area contributed by atoms with E-state index in [-0.39, 0.29) is 24.1 Å². The molecule has 2 rings (SSSR count). The van der Waals surface area contributed by atoms with Crippen LogP contribution in [0.15, 0.2) is 54.6 Å². The smallest absolute Gasteiger partial charge is 0.251 e. The van der Waals surface area contributed by atoms with Crippen LogP contribution < -0.4 is 10.8 Å². The Morgan fingerprint density at radius 3 is 2.30 bits per heavy atom. The predicted octanol–water partition coefficient (Wildman–Crippen LogP) is 3.54. The van der Waals surface area contributed by atoms with Gasteiger partial charge >= 0.3 is 0 Å². The number of carbonyl (C=O) groups excluding carboxylic acids is 2. The number of nitrogens with one attached hydrogen (secondary N) is 2. The SMILES string of the molecule is CC(O)(c1ccc(F)cc1)C(CCCNC(=O)c1ccccc1)CCCC(=O)NO. The van der Waals surface area contributed by atoms with Gasteiger partial charge in [-0.2, -0.15) is 0 Å². The average molecular weight is 416 g/mol. The van der Waals surface area contributed by atoms with Crippen LogP contribution in [0.5, 0.6) is 0 Å². The van der Waals surface area contributed by atoms with Crippen molar-refractivity contribution >= 4 is 11.8 Å². The minimum Gasteiger partial charge on any atom is -0.385 e. The molecular weight excluding hydrogens is 387 g/mol. The van der Waals surface area contributed by atoms with Gasteiger partial charge in [0.25, 0.3) is 5.91 Å². The van der Waals surface area contributed by atoms with Crippen LogP contribution in [-0.2, 0) is 10.4 Å². The van der Waals surface area contributed by atoms with Crippen molar-refractivity contribution < 1.29 is 24.3 Å². The number of carbonyl (C=O) groups is 2. The molecule has 162 valence electrons. The van der Waals surface area contributed by atoms with Crippen molar-refractivity contribution in [3.05, 3.63) is 71.5 Å². The Labute approximate surface area is 176 Å². The van der Waals surface area contributed by atoms with Gasteiger partial charge in [0.1, 0.15) is 5.82 Å². The second-order valence-electron chi connectivity index (χ2n) is 7.54. The standard InChI is InChI=1S/C23H29FN2O4/c1-23(29,19-12-14-20(24)15-13-19)18(9-5-11-21(27)26-30)10-6-16-25-22(28)17-7-3-2-4-8-17/h2-4,7-8,12-15,18,29-30H,5-6,9-11,16H2,1H3,(H,25,28)(H,26,27). The number of aliphatic hydroxyl groups is 1. The van der Waals surface area contributed by atoms with Crippen LogP contribution in [0.3, 0.4) is 0 Å². The molecule has 0 fully saturated rings. The van der Waals surface area contributed by atoms with Crippen molar-refractivity contribution in [3.8, 4) is 0 Å². The van der Waals surface area contributed by atoms with E-state index in [1.165, 1.54) is 12.1 Å². The second-order valence-corrected chi connectivity index (χ2v) is 7.54. The van der Waals surface area contributed by atoms with E-state index in [1.54, 1.807) is 48.8 Å². The van der Waals surface area contributed by atoms with Crippen molar-refractivity contribution in [2.24, 2.45) is 5.92 Å². The minimum atomic E-state index is -1.23. The van der Waals surface area contributed by atoms with Gasteiger partial charge in [-0.25, -0.2) is 9.87 Å². The molecule has 2 atom stereocenters. The molecule has 0 saturated heterocycles. The molecule has 0 bridgehead atoms. The lowest BCUT2D eigenvalue weighted by Crippen LogP contribution is -2.33. The van der Waals surface area contributed by atoms with Gasteiger partial charge in [-0.1, -0.05) is 30.3 Å². The lowest BCUT2D eigenvalue weighted by molar-refractivity contribution is -0.129. The minimum absolute atomic E-state index is 0.136. The maximum atomic E-state index is 13.3. The van der Waals surface area contributed by atoms with E-state index in [1.807, 2.05) is 6.07 Å². The number of hydroxylamine groups is 1. The fourth-order valence-electron chi connectivity index (χ4n) is 3.54. The number of rotatable bonds is 11. The summed E-state index contributed by atoms with van der Waals surface area (Å²) in [7, 11) is 0. The number of benzene rings is 2. The van der Waals surface area contributed by atoms with Gasteiger partial charge in [0.15, 0.2) is 0 Å². The Kier molecular flexibility index (Phi) is 8.95. The van der Waals surface area contributed by atoms with Gasteiger partial charge in [0, 0.05) is 18.5 Å². The van der Waals surface area contributed by atoms with Gasteiger partial charge < -0.3 is 10.4 Å². The van der Waals surface area contributed by atoms with Crippen molar-refractivity contribution in [2.75, 3.05) is 6.54 Å². The molecule has 6 nitrogen and oxygen atoms in total. The molecule has 4 N–H and O–H groups in total. The summed E-state index contributed by atoms with van der Waals surface area (Å²) in [4.78, 5) is 23.5. The molecule has 2 amide bonds. The molecule has 0 aliphatic heterocycles. The largest absolute Gasteiger partial charge is 0.385 e. The summed E-state index contributed by atoms with van der Waals surface area (Å²) in [5, 5.41) is 22.7. The summed E-state index contributed by atoms with van der Waals surface area (Å²) in [5.41, 5.74) is 1.55. The van der Waals surface area contributed by atoms with Gasteiger partial charge in [0.05, 0.1) is 5.60 Å². The third kappa shape index (κ3) is 6.93.